The minimum Gasteiger partial charge on any atom is -0.383 e. The Morgan fingerprint density at radius 1 is 1.17 bits per heavy atom. The predicted octanol–water partition coefficient (Wildman–Crippen LogP) is 3.54. The van der Waals surface area contributed by atoms with Gasteiger partial charge in [0, 0.05) is 12.0 Å². The van der Waals surface area contributed by atoms with E-state index in [1.54, 1.807) is 0 Å². The number of nitrogen functional groups attached to an aromatic ring is 1. The normalized spacial score (nSPS) is 14.9. The molecule has 4 aromatic heterocycles. The van der Waals surface area contributed by atoms with Crippen molar-refractivity contribution in [1.29, 1.82) is 0 Å². The van der Waals surface area contributed by atoms with Gasteiger partial charge < -0.3 is 10.3 Å². The zero-order chi connectivity index (χ0) is 21.2. The highest BCUT2D eigenvalue weighted by molar-refractivity contribution is 6.00. The molecule has 2 N–H and O–H groups in total. The fraction of sp³-hybridized carbons (Fsp3) is 0.500. The van der Waals surface area contributed by atoms with E-state index < -0.39 is 0 Å². The zero-order valence-electron chi connectivity index (χ0n) is 17.8. The van der Waals surface area contributed by atoms with Crippen LogP contribution in [0.2, 0.25) is 0 Å². The van der Waals surface area contributed by atoms with Crippen LogP contribution in [0.5, 0.6) is 0 Å². The fourth-order valence-electron chi connectivity index (χ4n) is 3.59. The SMILES string of the molecule is CC(C)n1cc(-c2c(-c3nn(C(C)(C)C)c4ncnc(N)c34)noc2C2CC2)nn1. The second-order valence-corrected chi connectivity index (χ2v) is 9.11. The van der Waals surface area contributed by atoms with Crippen molar-refractivity contribution < 1.29 is 4.52 Å². The molecular formula is C20H25N9O. The van der Waals surface area contributed by atoms with Crippen molar-refractivity contribution in [2.45, 2.75) is 65.0 Å². The molecule has 0 spiro atoms. The highest BCUT2D eigenvalue weighted by atomic mass is 16.5. The second-order valence-electron chi connectivity index (χ2n) is 9.11. The molecule has 10 heteroatoms. The number of aromatic nitrogens is 8. The molecule has 0 aliphatic heterocycles. The molecule has 1 fully saturated rings. The molecule has 1 aliphatic carbocycles. The third-order valence-electron chi connectivity index (χ3n) is 5.32. The summed E-state index contributed by atoms with van der Waals surface area (Å²) in [6.45, 7) is 10.3. The lowest BCUT2D eigenvalue weighted by Crippen LogP contribution is -2.23. The first-order chi connectivity index (χ1) is 14.3. The number of hydrogen-bond donors (Lipinski definition) is 1. The summed E-state index contributed by atoms with van der Waals surface area (Å²) < 4.78 is 9.51. The molecule has 0 bridgehead atoms. The molecule has 0 radical (unpaired) electrons. The Labute approximate surface area is 173 Å². The van der Waals surface area contributed by atoms with Gasteiger partial charge in [-0.15, -0.1) is 5.10 Å². The molecule has 0 amide bonds. The van der Waals surface area contributed by atoms with Gasteiger partial charge in [-0.2, -0.15) is 5.10 Å². The lowest BCUT2D eigenvalue weighted by atomic mass is 10.0. The number of fused-ring (bicyclic) bond motifs is 1. The molecule has 0 atom stereocenters. The number of rotatable bonds is 4. The van der Waals surface area contributed by atoms with Crippen molar-refractivity contribution in [2.75, 3.05) is 5.73 Å². The molecule has 1 aliphatic rings. The molecule has 0 unspecified atom stereocenters. The number of hydrogen-bond acceptors (Lipinski definition) is 8. The summed E-state index contributed by atoms with van der Waals surface area (Å²) >= 11 is 0. The van der Waals surface area contributed by atoms with Crippen LogP contribution in [0.4, 0.5) is 5.82 Å². The number of nitrogens with zero attached hydrogens (tertiary/aromatic N) is 8. The Morgan fingerprint density at radius 3 is 2.57 bits per heavy atom. The van der Waals surface area contributed by atoms with Crippen LogP contribution in [0.25, 0.3) is 33.7 Å². The summed E-state index contributed by atoms with van der Waals surface area (Å²) in [7, 11) is 0. The summed E-state index contributed by atoms with van der Waals surface area (Å²) in [5, 5.41) is 18.6. The molecule has 4 aromatic rings. The van der Waals surface area contributed by atoms with E-state index in [4.69, 9.17) is 15.4 Å². The largest absolute Gasteiger partial charge is 0.383 e. The quantitative estimate of drug-likeness (QED) is 0.544. The number of anilines is 1. The van der Waals surface area contributed by atoms with Crippen LogP contribution in [-0.4, -0.2) is 39.9 Å². The summed E-state index contributed by atoms with van der Waals surface area (Å²) in [5.74, 6) is 1.53. The molecule has 156 valence electrons. The third-order valence-corrected chi connectivity index (χ3v) is 5.32. The van der Waals surface area contributed by atoms with Crippen molar-refractivity contribution in [3.05, 3.63) is 18.3 Å². The standard InChI is InChI=1S/C20H25N9O/c1-10(2)28-8-12(24-27-28)13-16(26-30-17(13)11-6-7-11)15-14-18(21)22-9-23-19(14)29(25-15)20(3,4)5/h8-11H,6-7H2,1-5H3,(H2,21,22,23). The summed E-state index contributed by atoms with van der Waals surface area (Å²) in [6.07, 6.45) is 5.53. The van der Waals surface area contributed by atoms with Gasteiger partial charge in [0.2, 0.25) is 0 Å². The van der Waals surface area contributed by atoms with E-state index >= 15 is 0 Å². The Bertz CT molecular complexity index is 1240. The van der Waals surface area contributed by atoms with Crippen molar-refractivity contribution in [1.82, 2.24) is 39.9 Å². The minimum atomic E-state index is -0.304. The average Bonchev–Trinajstić information content (AvgIpc) is 3.10. The Morgan fingerprint density at radius 2 is 1.93 bits per heavy atom. The highest BCUT2D eigenvalue weighted by Gasteiger charge is 2.36. The van der Waals surface area contributed by atoms with Crippen LogP contribution in [0.15, 0.2) is 17.0 Å². The van der Waals surface area contributed by atoms with E-state index in [-0.39, 0.29) is 11.6 Å². The van der Waals surface area contributed by atoms with E-state index in [1.165, 1.54) is 6.33 Å². The lowest BCUT2D eigenvalue weighted by molar-refractivity contribution is 0.365. The average molecular weight is 407 g/mol. The summed E-state index contributed by atoms with van der Waals surface area (Å²) in [4.78, 5) is 8.65. The third kappa shape index (κ3) is 2.86. The van der Waals surface area contributed by atoms with Crippen LogP contribution in [0.3, 0.4) is 0 Å². The molecule has 0 aromatic carbocycles. The molecular weight excluding hydrogens is 382 g/mol. The van der Waals surface area contributed by atoms with E-state index in [0.717, 1.165) is 29.9 Å². The van der Waals surface area contributed by atoms with Crippen molar-refractivity contribution >= 4 is 16.9 Å². The summed E-state index contributed by atoms with van der Waals surface area (Å²) in [5.41, 5.74) is 9.37. The van der Waals surface area contributed by atoms with Crippen molar-refractivity contribution in [3.63, 3.8) is 0 Å². The fourth-order valence-corrected chi connectivity index (χ4v) is 3.59. The van der Waals surface area contributed by atoms with E-state index in [1.807, 2.05) is 15.6 Å². The van der Waals surface area contributed by atoms with E-state index in [9.17, 15) is 0 Å². The maximum absolute atomic E-state index is 6.27. The van der Waals surface area contributed by atoms with E-state index in [0.29, 0.717) is 34.2 Å². The van der Waals surface area contributed by atoms with Gasteiger partial charge in [-0.25, -0.2) is 19.3 Å². The van der Waals surface area contributed by atoms with Crippen molar-refractivity contribution in [2.24, 2.45) is 0 Å². The van der Waals surface area contributed by atoms with Gasteiger partial charge in [-0.1, -0.05) is 10.4 Å². The first-order valence-electron chi connectivity index (χ1n) is 10.2. The van der Waals surface area contributed by atoms with Gasteiger partial charge in [0.25, 0.3) is 0 Å². The van der Waals surface area contributed by atoms with Crippen molar-refractivity contribution in [3.8, 4) is 22.6 Å². The second kappa shape index (κ2) is 6.35. The molecule has 0 saturated heterocycles. The van der Waals surface area contributed by atoms with Gasteiger partial charge >= 0.3 is 0 Å². The Balaban J connectivity index is 1.79. The van der Waals surface area contributed by atoms with Crippen LogP contribution in [-0.2, 0) is 5.54 Å². The molecule has 4 heterocycles. The van der Waals surface area contributed by atoms with Crippen LogP contribution >= 0.6 is 0 Å². The Kier molecular flexibility index (Phi) is 3.96. The highest BCUT2D eigenvalue weighted by Crippen LogP contribution is 2.48. The summed E-state index contributed by atoms with van der Waals surface area (Å²) in [6, 6.07) is 0.198. The van der Waals surface area contributed by atoms with Gasteiger partial charge in [0.05, 0.1) is 22.7 Å². The lowest BCUT2D eigenvalue weighted by Gasteiger charge is -2.19. The Hall–Kier alpha value is -3.30. The predicted molar refractivity (Wildman–Crippen MR) is 112 cm³/mol. The van der Waals surface area contributed by atoms with E-state index in [2.05, 4.69) is 60.1 Å². The minimum absolute atomic E-state index is 0.198. The van der Waals surface area contributed by atoms with Gasteiger partial charge in [-0.3, -0.25) is 0 Å². The first kappa shape index (κ1) is 18.7. The molecule has 1 saturated carbocycles. The van der Waals surface area contributed by atoms with Gasteiger partial charge in [-0.05, 0) is 47.5 Å². The zero-order valence-corrected chi connectivity index (χ0v) is 17.8. The maximum Gasteiger partial charge on any atom is 0.164 e. The van der Waals surface area contributed by atoms with Crippen LogP contribution in [0, 0.1) is 0 Å². The maximum atomic E-state index is 6.27. The molecule has 5 rings (SSSR count). The molecule has 30 heavy (non-hydrogen) atoms. The van der Waals surface area contributed by atoms with Gasteiger partial charge in [0.1, 0.15) is 35.0 Å². The smallest absolute Gasteiger partial charge is 0.164 e. The van der Waals surface area contributed by atoms with Crippen LogP contribution in [0.1, 0.15) is 65.2 Å². The number of nitrogens with two attached hydrogens (primary N) is 1. The van der Waals surface area contributed by atoms with Gasteiger partial charge in [0.15, 0.2) is 5.65 Å². The first-order valence-corrected chi connectivity index (χ1v) is 10.2. The van der Waals surface area contributed by atoms with Crippen LogP contribution < -0.4 is 5.73 Å². The monoisotopic (exact) mass is 407 g/mol. The molecule has 10 nitrogen and oxygen atoms in total. The topological polar surface area (TPSA) is 126 Å².